The average molecular weight is 483 g/mol. The second-order valence-electron chi connectivity index (χ2n) is 8.19. The molecule has 0 aliphatic heterocycles. The fourth-order valence-electron chi connectivity index (χ4n) is 3.39. The second kappa shape index (κ2) is 12.6. The zero-order valence-corrected chi connectivity index (χ0v) is 20.2. The van der Waals surface area contributed by atoms with Crippen molar-refractivity contribution >= 4 is 16.4 Å². The fourth-order valence-corrected chi connectivity index (χ4v) is 4.39. The molecule has 0 aromatic heterocycles. The number of benzene rings is 3. The molecule has 0 heterocycles. The van der Waals surface area contributed by atoms with E-state index in [1.165, 1.54) is 12.1 Å². The molecule has 3 aromatic carbocycles. The Morgan fingerprint density at radius 2 is 1.32 bits per heavy atom. The van der Waals surface area contributed by atoms with Gasteiger partial charge in [0.05, 0.1) is 30.8 Å². The maximum absolute atomic E-state index is 12.6. The van der Waals surface area contributed by atoms with Crippen molar-refractivity contribution in [1.82, 2.24) is 0 Å². The van der Waals surface area contributed by atoms with E-state index in [0.717, 1.165) is 16.7 Å². The second-order valence-corrected chi connectivity index (χ2v) is 9.80. The molecule has 0 aliphatic carbocycles. The van der Waals surface area contributed by atoms with Crippen LogP contribution in [-0.4, -0.2) is 33.5 Å². The van der Waals surface area contributed by atoms with Crippen molar-refractivity contribution < 1.29 is 26.9 Å². The molecule has 0 saturated heterocycles. The summed E-state index contributed by atoms with van der Waals surface area (Å²) in [6, 6.07) is 25.5. The van der Waals surface area contributed by atoms with E-state index in [4.69, 9.17) is 13.7 Å². The quantitative estimate of drug-likeness (QED) is 0.259. The molecule has 34 heavy (non-hydrogen) atoms. The van der Waals surface area contributed by atoms with Gasteiger partial charge in [0.25, 0.3) is 10.1 Å². The Bertz CT molecular complexity index is 1110. The van der Waals surface area contributed by atoms with Crippen LogP contribution in [0.25, 0.3) is 0 Å². The first-order valence-electron chi connectivity index (χ1n) is 11.1. The van der Waals surface area contributed by atoms with E-state index in [1.54, 1.807) is 19.1 Å². The smallest absolute Gasteiger partial charge is 0.296 e. The summed E-state index contributed by atoms with van der Waals surface area (Å²) in [5.74, 6) is -0.449. The number of aldehydes is 1. The van der Waals surface area contributed by atoms with E-state index < -0.39 is 28.2 Å². The van der Waals surface area contributed by atoms with Crippen LogP contribution in [0.2, 0.25) is 0 Å². The number of rotatable bonds is 13. The molecule has 3 atom stereocenters. The van der Waals surface area contributed by atoms with Crippen molar-refractivity contribution in [2.75, 3.05) is 6.61 Å². The van der Waals surface area contributed by atoms with E-state index in [1.807, 2.05) is 67.6 Å². The van der Waals surface area contributed by atoms with Crippen molar-refractivity contribution in [3.8, 4) is 0 Å². The number of carbonyl (C=O) groups is 1. The van der Waals surface area contributed by atoms with Gasteiger partial charge >= 0.3 is 0 Å². The molecule has 3 aromatic rings. The number of hydrogen-bond acceptors (Lipinski definition) is 6. The van der Waals surface area contributed by atoms with Crippen LogP contribution in [0.15, 0.2) is 89.8 Å². The third-order valence-corrected chi connectivity index (χ3v) is 6.68. The van der Waals surface area contributed by atoms with Gasteiger partial charge in [-0.15, -0.1) is 0 Å². The van der Waals surface area contributed by atoms with Gasteiger partial charge in [0.15, 0.2) is 6.29 Å². The molecule has 6 nitrogen and oxygen atoms in total. The van der Waals surface area contributed by atoms with E-state index in [0.29, 0.717) is 6.29 Å². The van der Waals surface area contributed by atoms with Gasteiger partial charge in [-0.1, -0.05) is 85.3 Å². The highest BCUT2D eigenvalue weighted by Gasteiger charge is 2.30. The zero-order valence-electron chi connectivity index (χ0n) is 19.4. The SMILES string of the molecule is Cc1ccc(S(=O)(=O)OC[C@@H](C)[C@H](OCc2ccccc2)[C@H](C=O)OCc2ccccc2)cc1. The number of carbonyl (C=O) groups excluding carboxylic acids is 1. The molecule has 180 valence electrons. The van der Waals surface area contributed by atoms with Crippen LogP contribution in [-0.2, 0) is 41.8 Å². The van der Waals surface area contributed by atoms with Gasteiger partial charge in [-0.05, 0) is 30.2 Å². The average Bonchev–Trinajstić information content (AvgIpc) is 2.86. The summed E-state index contributed by atoms with van der Waals surface area (Å²) in [5, 5.41) is 0. The van der Waals surface area contributed by atoms with Crippen molar-refractivity contribution in [3.63, 3.8) is 0 Å². The fraction of sp³-hybridized carbons (Fsp3) is 0.296. The normalized spacial score (nSPS) is 14.3. The third kappa shape index (κ3) is 7.60. The highest BCUT2D eigenvalue weighted by molar-refractivity contribution is 7.86. The Hall–Kier alpha value is -2.84. The molecule has 0 unspecified atom stereocenters. The molecule has 0 amide bonds. The summed E-state index contributed by atoms with van der Waals surface area (Å²) in [7, 11) is -3.95. The highest BCUT2D eigenvalue weighted by Crippen LogP contribution is 2.21. The van der Waals surface area contributed by atoms with Crippen LogP contribution >= 0.6 is 0 Å². The molecule has 0 aliphatic rings. The van der Waals surface area contributed by atoms with Crippen LogP contribution in [0.3, 0.4) is 0 Å². The zero-order chi connectivity index (χ0) is 24.4. The third-order valence-electron chi connectivity index (χ3n) is 5.39. The first kappa shape index (κ1) is 25.8. The Morgan fingerprint density at radius 1 is 0.794 bits per heavy atom. The van der Waals surface area contributed by atoms with Crippen LogP contribution in [0, 0.1) is 12.8 Å². The molecule has 7 heteroatoms. The first-order chi connectivity index (χ1) is 16.4. The summed E-state index contributed by atoms with van der Waals surface area (Å²) in [6.07, 6.45) is -0.914. The van der Waals surface area contributed by atoms with Crippen molar-refractivity contribution in [2.24, 2.45) is 5.92 Å². The van der Waals surface area contributed by atoms with Crippen molar-refractivity contribution in [3.05, 3.63) is 102 Å². The van der Waals surface area contributed by atoms with E-state index in [-0.39, 0.29) is 24.7 Å². The lowest BCUT2D eigenvalue weighted by atomic mass is 10.0. The van der Waals surface area contributed by atoms with Gasteiger partial charge in [0.2, 0.25) is 0 Å². The summed E-state index contributed by atoms with van der Waals surface area (Å²) < 4.78 is 42.6. The minimum atomic E-state index is -3.95. The van der Waals surface area contributed by atoms with Gasteiger partial charge in [0.1, 0.15) is 6.10 Å². The van der Waals surface area contributed by atoms with Crippen molar-refractivity contribution in [2.45, 2.75) is 44.2 Å². The highest BCUT2D eigenvalue weighted by atomic mass is 32.2. The molecular formula is C27H30O6S. The summed E-state index contributed by atoms with van der Waals surface area (Å²) >= 11 is 0. The summed E-state index contributed by atoms with van der Waals surface area (Å²) in [5.41, 5.74) is 2.80. The Labute approximate surface area is 201 Å². The van der Waals surface area contributed by atoms with Gasteiger partial charge in [0, 0.05) is 5.92 Å². The molecule has 0 saturated carbocycles. The summed E-state index contributed by atoms with van der Waals surface area (Å²) in [4.78, 5) is 12.1. The maximum Gasteiger partial charge on any atom is 0.296 e. The topological polar surface area (TPSA) is 78.9 Å². The molecule has 0 spiro atoms. The van der Waals surface area contributed by atoms with Gasteiger partial charge < -0.3 is 14.3 Å². The predicted octanol–water partition coefficient (Wildman–Crippen LogP) is 4.71. The molecule has 0 bridgehead atoms. The van der Waals surface area contributed by atoms with Crippen LogP contribution in [0.4, 0.5) is 0 Å². The largest absolute Gasteiger partial charge is 0.370 e. The number of hydrogen-bond donors (Lipinski definition) is 0. The minimum Gasteiger partial charge on any atom is -0.370 e. The van der Waals surface area contributed by atoms with Crippen LogP contribution < -0.4 is 0 Å². The molecule has 0 radical (unpaired) electrons. The van der Waals surface area contributed by atoms with Crippen molar-refractivity contribution in [1.29, 1.82) is 0 Å². The standard InChI is InChI=1S/C27H30O6S/c1-21-13-15-25(16-14-21)34(29,30)33-18-22(2)27(32-20-24-11-7-4-8-12-24)26(17-28)31-19-23-9-5-3-6-10-23/h3-17,22,26-27H,18-20H2,1-2H3/t22-,26+,27+/m1/s1. The Balaban J connectivity index is 1.71. The number of ether oxygens (including phenoxy) is 2. The lowest BCUT2D eigenvalue weighted by Crippen LogP contribution is -2.40. The first-order valence-corrected chi connectivity index (χ1v) is 12.5. The number of aryl methyl sites for hydroxylation is 1. The van der Waals surface area contributed by atoms with E-state index in [9.17, 15) is 13.2 Å². The maximum atomic E-state index is 12.6. The van der Waals surface area contributed by atoms with E-state index >= 15 is 0 Å². The van der Waals surface area contributed by atoms with Gasteiger partial charge in [-0.3, -0.25) is 4.18 Å². The minimum absolute atomic E-state index is 0.0827. The van der Waals surface area contributed by atoms with E-state index in [2.05, 4.69) is 0 Å². The molecule has 3 rings (SSSR count). The Kier molecular flexibility index (Phi) is 9.53. The van der Waals surface area contributed by atoms with Gasteiger partial charge in [-0.25, -0.2) is 0 Å². The molecule has 0 fully saturated rings. The van der Waals surface area contributed by atoms with Crippen LogP contribution in [0.1, 0.15) is 23.6 Å². The molecule has 0 N–H and O–H groups in total. The summed E-state index contributed by atoms with van der Waals surface area (Å²) in [6.45, 7) is 3.98. The van der Waals surface area contributed by atoms with Gasteiger partial charge in [-0.2, -0.15) is 8.42 Å². The lowest BCUT2D eigenvalue weighted by molar-refractivity contribution is -0.140. The lowest BCUT2D eigenvalue weighted by Gasteiger charge is -2.29. The predicted molar refractivity (Wildman–Crippen MR) is 130 cm³/mol. The monoisotopic (exact) mass is 482 g/mol. The van der Waals surface area contributed by atoms with Crippen LogP contribution in [0.5, 0.6) is 0 Å². The molecular weight excluding hydrogens is 452 g/mol. The Morgan fingerprint density at radius 3 is 1.85 bits per heavy atom.